The van der Waals surface area contributed by atoms with Crippen LogP contribution < -0.4 is 5.32 Å². The third-order valence-electron chi connectivity index (χ3n) is 3.11. The third kappa shape index (κ3) is 2.90. The molecule has 0 radical (unpaired) electrons. The van der Waals surface area contributed by atoms with Crippen LogP contribution in [-0.2, 0) is 4.79 Å². The number of likely N-dealkylation sites (N-methyl/N-ethyl adjacent to an activating group) is 1. The number of hydrogen-bond acceptors (Lipinski definition) is 3. The van der Waals surface area contributed by atoms with Crippen molar-refractivity contribution >= 4 is 23.4 Å². The van der Waals surface area contributed by atoms with E-state index in [-0.39, 0.29) is 11.8 Å². The highest BCUT2D eigenvalue weighted by molar-refractivity contribution is 6.31. The van der Waals surface area contributed by atoms with Crippen LogP contribution in [0.15, 0.2) is 12.3 Å². The predicted octanol–water partition coefficient (Wildman–Crippen LogP) is 0.170. The lowest BCUT2D eigenvalue weighted by atomic mass is 10.1. The van der Waals surface area contributed by atoms with Crippen LogP contribution in [0.5, 0.6) is 0 Å². The molecule has 1 aliphatic rings. The zero-order valence-electron chi connectivity index (χ0n) is 10.9. The first-order valence-electron chi connectivity index (χ1n) is 6.07. The first-order chi connectivity index (χ1) is 9.00. The average Bonchev–Trinajstić information content (AvgIpc) is 2.83. The number of carbonyl (C=O) groups excluding carboxylic acids is 2. The fourth-order valence-electron chi connectivity index (χ4n) is 2.11. The van der Waals surface area contributed by atoms with E-state index in [0.29, 0.717) is 30.4 Å². The van der Waals surface area contributed by atoms with Gasteiger partial charge in [-0.25, -0.2) is 0 Å². The second kappa shape index (κ2) is 5.63. The zero-order valence-corrected chi connectivity index (χ0v) is 11.7. The van der Waals surface area contributed by atoms with Gasteiger partial charge >= 0.3 is 0 Å². The monoisotopic (exact) mass is 284 g/mol. The third-order valence-corrected chi connectivity index (χ3v) is 3.33. The maximum absolute atomic E-state index is 12.4. The van der Waals surface area contributed by atoms with E-state index in [2.05, 4.69) is 10.3 Å². The van der Waals surface area contributed by atoms with Gasteiger partial charge in [-0.15, -0.1) is 0 Å². The molecule has 1 unspecified atom stereocenters. The summed E-state index contributed by atoms with van der Waals surface area (Å²) in [4.78, 5) is 30.4. The van der Waals surface area contributed by atoms with Crippen LogP contribution in [0.3, 0.4) is 0 Å². The molecule has 2 rings (SSSR count). The fraction of sp³-hybridized carbons (Fsp3) is 0.500. The number of nitrogens with one attached hydrogen (secondary N) is 2. The smallest absolute Gasteiger partial charge is 0.271 e. The van der Waals surface area contributed by atoms with Crippen LogP contribution in [0.2, 0.25) is 5.02 Å². The van der Waals surface area contributed by atoms with Crippen LogP contribution in [-0.4, -0.2) is 66.4 Å². The SMILES string of the molecule is CN(C)C(=O)C1CNCCN1C(=O)c1cc(Cl)c[nH]1. The van der Waals surface area contributed by atoms with Gasteiger partial charge in [-0.3, -0.25) is 9.59 Å². The molecule has 7 heteroatoms. The minimum absolute atomic E-state index is 0.0850. The van der Waals surface area contributed by atoms with Crippen molar-refractivity contribution in [3.8, 4) is 0 Å². The Kier molecular flexibility index (Phi) is 4.11. The van der Waals surface area contributed by atoms with E-state index in [1.54, 1.807) is 31.3 Å². The van der Waals surface area contributed by atoms with Crippen LogP contribution >= 0.6 is 11.6 Å². The summed E-state index contributed by atoms with van der Waals surface area (Å²) in [6, 6.07) is 1.10. The Morgan fingerprint density at radius 1 is 1.47 bits per heavy atom. The Labute approximate surface area is 116 Å². The first-order valence-corrected chi connectivity index (χ1v) is 6.45. The summed E-state index contributed by atoms with van der Waals surface area (Å²) in [6.07, 6.45) is 1.56. The topological polar surface area (TPSA) is 68.4 Å². The molecular weight excluding hydrogens is 268 g/mol. The van der Waals surface area contributed by atoms with Crippen LogP contribution in [0.1, 0.15) is 10.5 Å². The van der Waals surface area contributed by atoms with E-state index in [1.165, 1.54) is 4.90 Å². The number of amides is 2. The Morgan fingerprint density at radius 3 is 2.79 bits per heavy atom. The molecular formula is C12H17ClN4O2. The predicted molar refractivity (Wildman–Crippen MR) is 72.2 cm³/mol. The second-order valence-electron chi connectivity index (χ2n) is 4.68. The zero-order chi connectivity index (χ0) is 14.0. The number of rotatable bonds is 2. The Bertz CT molecular complexity index is 486. The highest BCUT2D eigenvalue weighted by Gasteiger charge is 2.33. The number of carbonyl (C=O) groups is 2. The summed E-state index contributed by atoms with van der Waals surface area (Å²) in [5, 5.41) is 3.62. The molecule has 0 bridgehead atoms. The Hall–Kier alpha value is -1.53. The minimum atomic E-state index is -0.474. The first kappa shape index (κ1) is 13.9. The molecule has 1 fully saturated rings. The van der Waals surface area contributed by atoms with E-state index >= 15 is 0 Å². The highest BCUT2D eigenvalue weighted by Crippen LogP contribution is 2.15. The number of aromatic nitrogens is 1. The van der Waals surface area contributed by atoms with E-state index in [0.717, 1.165) is 0 Å². The van der Waals surface area contributed by atoms with Crippen molar-refractivity contribution in [3.05, 3.63) is 23.0 Å². The van der Waals surface area contributed by atoms with Crippen molar-refractivity contribution in [1.82, 2.24) is 20.1 Å². The van der Waals surface area contributed by atoms with Crippen molar-refractivity contribution in [2.45, 2.75) is 6.04 Å². The summed E-state index contributed by atoms with van der Waals surface area (Å²) in [5.74, 6) is -0.285. The van der Waals surface area contributed by atoms with Crippen molar-refractivity contribution in [1.29, 1.82) is 0 Å². The standard InChI is InChI=1S/C12H17ClN4O2/c1-16(2)12(19)10-7-14-3-4-17(10)11(18)9-5-8(13)6-15-9/h5-6,10,14-15H,3-4,7H2,1-2H3. The molecule has 104 valence electrons. The van der Waals surface area contributed by atoms with Crippen LogP contribution in [0.25, 0.3) is 0 Å². The van der Waals surface area contributed by atoms with Crippen molar-refractivity contribution in [3.63, 3.8) is 0 Å². The molecule has 0 saturated carbocycles. The highest BCUT2D eigenvalue weighted by atomic mass is 35.5. The summed E-state index contributed by atoms with van der Waals surface area (Å²) in [5.41, 5.74) is 0.406. The molecule has 2 N–H and O–H groups in total. The van der Waals surface area contributed by atoms with Crippen molar-refractivity contribution in [2.24, 2.45) is 0 Å². The Morgan fingerprint density at radius 2 is 2.21 bits per heavy atom. The number of hydrogen-bond donors (Lipinski definition) is 2. The van der Waals surface area contributed by atoms with Gasteiger partial charge in [0.05, 0.1) is 5.02 Å². The summed E-state index contributed by atoms with van der Waals surface area (Å²) in [7, 11) is 3.37. The van der Waals surface area contributed by atoms with Crippen molar-refractivity contribution < 1.29 is 9.59 Å². The normalized spacial score (nSPS) is 19.3. The lowest BCUT2D eigenvalue weighted by molar-refractivity contribution is -0.134. The van der Waals surface area contributed by atoms with E-state index in [9.17, 15) is 9.59 Å². The number of piperazine rings is 1. The van der Waals surface area contributed by atoms with Gasteiger partial charge in [-0.2, -0.15) is 0 Å². The summed E-state index contributed by atoms with van der Waals surface area (Å²) >= 11 is 5.80. The molecule has 1 aromatic rings. The number of aromatic amines is 1. The van der Waals surface area contributed by atoms with Gasteiger partial charge in [0.2, 0.25) is 5.91 Å². The molecule has 2 amide bonds. The van der Waals surface area contributed by atoms with Gasteiger partial charge < -0.3 is 20.1 Å². The maximum atomic E-state index is 12.4. The quantitative estimate of drug-likeness (QED) is 0.813. The summed E-state index contributed by atoms with van der Waals surface area (Å²) < 4.78 is 0. The minimum Gasteiger partial charge on any atom is -0.356 e. The van der Waals surface area contributed by atoms with Crippen LogP contribution in [0.4, 0.5) is 0 Å². The molecule has 2 heterocycles. The Balaban J connectivity index is 2.20. The molecule has 0 aliphatic carbocycles. The molecule has 1 atom stereocenters. The molecule has 19 heavy (non-hydrogen) atoms. The second-order valence-corrected chi connectivity index (χ2v) is 5.12. The van der Waals surface area contributed by atoms with Gasteiger partial charge in [-0.05, 0) is 6.07 Å². The molecule has 0 spiro atoms. The number of H-pyrrole nitrogens is 1. The van der Waals surface area contributed by atoms with E-state index in [4.69, 9.17) is 11.6 Å². The van der Waals surface area contributed by atoms with Gasteiger partial charge in [0.15, 0.2) is 0 Å². The largest absolute Gasteiger partial charge is 0.356 e. The molecule has 1 aromatic heterocycles. The van der Waals surface area contributed by atoms with Crippen molar-refractivity contribution in [2.75, 3.05) is 33.7 Å². The van der Waals surface area contributed by atoms with Gasteiger partial charge in [0, 0.05) is 39.9 Å². The molecule has 6 nitrogen and oxygen atoms in total. The molecule has 1 aliphatic heterocycles. The average molecular weight is 285 g/mol. The van der Waals surface area contributed by atoms with E-state index < -0.39 is 6.04 Å². The number of nitrogens with zero attached hydrogens (tertiary/aromatic N) is 2. The van der Waals surface area contributed by atoms with E-state index in [1.807, 2.05) is 0 Å². The lowest BCUT2D eigenvalue weighted by Crippen LogP contribution is -2.59. The molecule has 0 aromatic carbocycles. The maximum Gasteiger partial charge on any atom is 0.271 e. The van der Waals surface area contributed by atoms with Crippen LogP contribution in [0, 0.1) is 0 Å². The van der Waals surface area contributed by atoms with Gasteiger partial charge in [0.1, 0.15) is 11.7 Å². The number of halogens is 1. The van der Waals surface area contributed by atoms with Gasteiger partial charge in [0.25, 0.3) is 5.91 Å². The molecule has 1 saturated heterocycles. The van der Waals surface area contributed by atoms with Gasteiger partial charge in [-0.1, -0.05) is 11.6 Å². The lowest BCUT2D eigenvalue weighted by Gasteiger charge is -2.36. The summed E-state index contributed by atoms with van der Waals surface area (Å²) in [6.45, 7) is 1.65. The fourth-order valence-corrected chi connectivity index (χ4v) is 2.28.